The van der Waals surface area contributed by atoms with Crippen molar-refractivity contribution in [3.63, 3.8) is 0 Å². The van der Waals surface area contributed by atoms with Gasteiger partial charge in [0.2, 0.25) is 0 Å². The van der Waals surface area contributed by atoms with E-state index in [1.807, 2.05) is 0 Å². The summed E-state index contributed by atoms with van der Waals surface area (Å²) in [6, 6.07) is 13.1. The summed E-state index contributed by atoms with van der Waals surface area (Å²) in [7, 11) is -3.60. The number of benzene rings is 2. The van der Waals surface area contributed by atoms with Gasteiger partial charge in [-0.1, -0.05) is 28.1 Å². The molecular weight excluding hydrogens is 455 g/mol. The minimum absolute atomic E-state index is 0.170. The van der Waals surface area contributed by atoms with E-state index in [4.69, 9.17) is 0 Å². The maximum atomic E-state index is 12.2. The molecule has 0 saturated carbocycles. The third-order valence-electron chi connectivity index (χ3n) is 2.66. The van der Waals surface area contributed by atoms with Gasteiger partial charge in [-0.2, -0.15) is 0 Å². The third-order valence-corrected chi connectivity index (χ3v) is 5.54. The Morgan fingerprint density at radius 2 is 1.55 bits per heavy atom. The highest BCUT2D eigenvalue weighted by atomic mass is 127. The van der Waals surface area contributed by atoms with Crippen molar-refractivity contribution in [3.05, 3.63) is 62.1 Å². The summed E-state index contributed by atoms with van der Waals surface area (Å²) in [5.74, 6) is -0.925. The fourth-order valence-corrected chi connectivity index (χ4v) is 3.47. The average Bonchev–Trinajstić information content (AvgIpc) is 2.39. The number of hydrogen-bond acceptors (Lipinski definition) is 3. The second kappa shape index (κ2) is 6.36. The highest BCUT2D eigenvalue weighted by Gasteiger charge is 2.20. The molecular formula is C14H10BrIO3S. The molecule has 0 radical (unpaired) electrons. The zero-order chi connectivity index (χ0) is 14.8. The van der Waals surface area contributed by atoms with Gasteiger partial charge < -0.3 is 0 Å². The molecule has 0 unspecified atom stereocenters. The maximum Gasteiger partial charge on any atom is 0.185 e. The van der Waals surface area contributed by atoms with Gasteiger partial charge in [0, 0.05) is 13.6 Å². The van der Waals surface area contributed by atoms with E-state index in [-0.39, 0.29) is 4.90 Å². The van der Waals surface area contributed by atoms with Gasteiger partial charge >= 0.3 is 0 Å². The van der Waals surface area contributed by atoms with Gasteiger partial charge in [-0.25, -0.2) is 8.42 Å². The normalized spacial score (nSPS) is 11.3. The van der Waals surface area contributed by atoms with Crippen molar-refractivity contribution in [3.8, 4) is 0 Å². The van der Waals surface area contributed by atoms with Crippen LogP contribution in [0.5, 0.6) is 0 Å². The van der Waals surface area contributed by atoms with Crippen molar-refractivity contribution in [1.29, 1.82) is 0 Å². The number of carbonyl (C=O) groups excluding carboxylic acids is 1. The SMILES string of the molecule is O=C(CS(=O)(=O)c1ccc(I)cc1)c1ccc(Br)cc1. The molecule has 2 aromatic rings. The summed E-state index contributed by atoms with van der Waals surface area (Å²) in [5, 5.41) is 0. The summed E-state index contributed by atoms with van der Waals surface area (Å²) in [4.78, 5) is 12.2. The lowest BCUT2D eigenvalue weighted by Gasteiger charge is -2.04. The van der Waals surface area contributed by atoms with E-state index in [0.717, 1.165) is 8.04 Å². The lowest BCUT2D eigenvalue weighted by Crippen LogP contribution is -2.16. The van der Waals surface area contributed by atoms with Gasteiger partial charge in [-0.05, 0) is 59.0 Å². The Bertz CT molecular complexity index is 722. The number of ketones is 1. The van der Waals surface area contributed by atoms with Crippen molar-refractivity contribution in [2.75, 3.05) is 5.75 Å². The van der Waals surface area contributed by atoms with Gasteiger partial charge in [0.25, 0.3) is 0 Å². The van der Waals surface area contributed by atoms with Crippen LogP contribution < -0.4 is 0 Å². The molecule has 0 N–H and O–H groups in total. The number of rotatable bonds is 4. The van der Waals surface area contributed by atoms with Crippen LogP contribution in [-0.2, 0) is 9.84 Å². The van der Waals surface area contributed by atoms with E-state index in [1.54, 1.807) is 36.4 Å². The molecule has 6 heteroatoms. The first kappa shape index (κ1) is 15.7. The van der Waals surface area contributed by atoms with Crippen molar-refractivity contribution in [2.45, 2.75) is 4.90 Å². The first-order chi connectivity index (χ1) is 9.38. The summed E-state index contributed by atoms with van der Waals surface area (Å²) in [5.41, 5.74) is 0.391. The lowest BCUT2D eigenvalue weighted by atomic mass is 10.2. The van der Waals surface area contributed by atoms with Crippen LogP contribution >= 0.6 is 38.5 Å². The Morgan fingerprint density at radius 3 is 2.10 bits per heavy atom. The Labute approximate surface area is 139 Å². The van der Waals surface area contributed by atoms with Crippen molar-refractivity contribution in [2.24, 2.45) is 0 Å². The second-order valence-corrected chi connectivity index (χ2v) is 8.29. The van der Waals surface area contributed by atoms with E-state index >= 15 is 0 Å². The van der Waals surface area contributed by atoms with E-state index in [0.29, 0.717) is 5.56 Å². The van der Waals surface area contributed by atoms with Crippen LogP contribution in [0.25, 0.3) is 0 Å². The predicted octanol–water partition coefficient (Wildman–Crippen LogP) is 3.71. The molecule has 0 aliphatic rings. The summed E-state index contributed by atoms with van der Waals surface area (Å²) < 4.78 is 26.1. The number of sulfone groups is 1. The highest BCUT2D eigenvalue weighted by Crippen LogP contribution is 2.16. The fourth-order valence-electron chi connectivity index (χ4n) is 1.62. The van der Waals surface area contributed by atoms with Gasteiger partial charge in [0.1, 0.15) is 5.75 Å². The lowest BCUT2D eigenvalue weighted by molar-refractivity contribution is 0.102. The van der Waals surface area contributed by atoms with Crippen LogP contribution in [0.2, 0.25) is 0 Å². The quantitative estimate of drug-likeness (QED) is 0.512. The topological polar surface area (TPSA) is 51.2 Å². The molecule has 2 rings (SSSR count). The molecule has 2 aromatic carbocycles. The Balaban J connectivity index is 2.22. The highest BCUT2D eigenvalue weighted by molar-refractivity contribution is 14.1. The minimum atomic E-state index is -3.60. The molecule has 0 aliphatic heterocycles. The van der Waals surface area contributed by atoms with E-state index in [9.17, 15) is 13.2 Å². The van der Waals surface area contributed by atoms with Gasteiger partial charge in [0.05, 0.1) is 4.90 Å². The summed E-state index contributed by atoms with van der Waals surface area (Å²) in [6.45, 7) is 0. The van der Waals surface area contributed by atoms with E-state index < -0.39 is 21.4 Å². The molecule has 0 fully saturated rings. The average molecular weight is 465 g/mol. The van der Waals surface area contributed by atoms with Crippen LogP contribution in [-0.4, -0.2) is 20.0 Å². The number of hydrogen-bond donors (Lipinski definition) is 0. The first-order valence-electron chi connectivity index (χ1n) is 5.65. The molecule has 0 aromatic heterocycles. The maximum absolute atomic E-state index is 12.2. The van der Waals surface area contributed by atoms with Crippen LogP contribution in [0.4, 0.5) is 0 Å². The summed E-state index contributed by atoms with van der Waals surface area (Å²) in [6.07, 6.45) is 0. The van der Waals surface area contributed by atoms with Crippen LogP contribution in [0.15, 0.2) is 57.9 Å². The molecule has 104 valence electrons. The molecule has 0 bridgehead atoms. The molecule has 3 nitrogen and oxygen atoms in total. The molecule has 0 spiro atoms. The van der Waals surface area contributed by atoms with Crippen molar-refractivity contribution >= 4 is 54.1 Å². The Morgan fingerprint density at radius 1 is 1.00 bits per heavy atom. The zero-order valence-electron chi connectivity index (χ0n) is 10.2. The van der Waals surface area contributed by atoms with E-state index in [2.05, 4.69) is 38.5 Å². The standard InChI is InChI=1S/C14H10BrIO3S/c15-11-3-1-10(2-4-11)14(17)9-20(18,19)13-7-5-12(16)6-8-13/h1-8H,9H2. The van der Waals surface area contributed by atoms with Gasteiger partial charge in [-0.3, -0.25) is 4.79 Å². The molecule has 0 heterocycles. The summed E-state index contributed by atoms with van der Waals surface area (Å²) >= 11 is 5.37. The van der Waals surface area contributed by atoms with Crippen LogP contribution in [0.1, 0.15) is 10.4 Å². The molecule has 0 atom stereocenters. The van der Waals surface area contributed by atoms with Crippen LogP contribution in [0.3, 0.4) is 0 Å². The first-order valence-corrected chi connectivity index (χ1v) is 9.18. The molecule has 0 saturated heterocycles. The smallest absolute Gasteiger partial charge is 0.185 e. The van der Waals surface area contributed by atoms with Gasteiger partial charge in [0.15, 0.2) is 15.6 Å². The number of halogens is 2. The largest absolute Gasteiger partial charge is 0.293 e. The number of carbonyl (C=O) groups is 1. The Kier molecular flexibility index (Phi) is 4.98. The van der Waals surface area contributed by atoms with Gasteiger partial charge in [-0.15, -0.1) is 0 Å². The molecule has 0 amide bonds. The van der Waals surface area contributed by atoms with Crippen LogP contribution in [0, 0.1) is 3.57 Å². The van der Waals surface area contributed by atoms with Crippen molar-refractivity contribution in [1.82, 2.24) is 0 Å². The fraction of sp³-hybridized carbons (Fsp3) is 0.0714. The minimum Gasteiger partial charge on any atom is -0.293 e. The number of Topliss-reactive ketones (excluding diaryl/α,β-unsaturated/α-hetero) is 1. The second-order valence-electron chi connectivity index (χ2n) is 4.14. The zero-order valence-corrected chi connectivity index (χ0v) is 14.8. The van der Waals surface area contributed by atoms with E-state index in [1.165, 1.54) is 12.1 Å². The molecule has 20 heavy (non-hydrogen) atoms. The molecule has 0 aliphatic carbocycles. The predicted molar refractivity (Wildman–Crippen MR) is 89.7 cm³/mol. The Hall–Kier alpha value is -0.730. The van der Waals surface area contributed by atoms with Crippen molar-refractivity contribution < 1.29 is 13.2 Å². The third kappa shape index (κ3) is 3.89. The monoisotopic (exact) mass is 464 g/mol.